The monoisotopic (exact) mass is 491 g/mol. The molecule has 0 aliphatic carbocycles. The number of aryl methyl sites for hydroxylation is 1. The summed E-state index contributed by atoms with van der Waals surface area (Å²) in [5.74, 6) is 0.658. The lowest BCUT2D eigenvalue weighted by molar-refractivity contribution is -0.138. The molecule has 1 heterocycles. The SMILES string of the molecule is CC(=O)C1c2ccccc2CN1C(=O)Cc1ccc(NN(Oc2ccccc2C)c2ccccc2)cc1. The molecule has 1 atom stereocenters. The van der Waals surface area contributed by atoms with Crippen LogP contribution in [0.1, 0.15) is 35.2 Å². The number of hydrogen-bond donors (Lipinski definition) is 1. The van der Waals surface area contributed by atoms with E-state index >= 15 is 0 Å². The molecule has 1 unspecified atom stereocenters. The van der Waals surface area contributed by atoms with Crippen LogP contribution in [0.4, 0.5) is 11.4 Å². The van der Waals surface area contributed by atoms with Crippen LogP contribution in [0.15, 0.2) is 103 Å². The van der Waals surface area contributed by atoms with E-state index in [0.29, 0.717) is 6.54 Å². The van der Waals surface area contributed by atoms with Crippen LogP contribution in [0.25, 0.3) is 0 Å². The first-order chi connectivity index (χ1) is 18.0. The van der Waals surface area contributed by atoms with Gasteiger partial charge in [0, 0.05) is 6.54 Å². The Morgan fingerprint density at radius 3 is 2.30 bits per heavy atom. The number of hydrogen-bond acceptors (Lipinski definition) is 5. The smallest absolute Gasteiger partial charge is 0.228 e. The first-order valence-corrected chi connectivity index (χ1v) is 12.3. The van der Waals surface area contributed by atoms with E-state index in [1.54, 1.807) is 17.0 Å². The molecule has 4 aromatic carbocycles. The molecule has 4 aromatic rings. The van der Waals surface area contributed by atoms with Crippen LogP contribution in [0.5, 0.6) is 5.75 Å². The minimum atomic E-state index is -0.511. The van der Waals surface area contributed by atoms with Crippen LogP contribution in [0, 0.1) is 6.92 Å². The topological polar surface area (TPSA) is 61.9 Å². The van der Waals surface area contributed by atoms with Gasteiger partial charge in [-0.15, -0.1) is 5.17 Å². The fourth-order valence-corrected chi connectivity index (χ4v) is 4.61. The zero-order valence-corrected chi connectivity index (χ0v) is 20.9. The normalized spacial score (nSPS) is 14.1. The van der Waals surface area contributed by atoms with E-state index in [2.05, 4.69) is 5.43 Å². The van der Waals surface area contributed by atoms with Crippen LogP contribution >= 0.6 is 0 Å². The predicted octanol–water partition coefficient (Wildman–Crippen LogP) is 6.04. The second-order valence-electron chi connectivity index (χ2n) is 9.21. The van der Waals surface area contributed by atoms with Crippen LogP contribution in [0.2, 0.25) is 0 Å². The highest BCUT2D eigenvalue weighted by atomic mass is 16.7. The summed E-state index contributed by atoms with van der Waals surface area (Å²) in [7, 11) is 0. The summed E-state index contributed by atoms with van der Waals surface area (Å²) < 4.78 is 0. The highest BCUT2D eigenvalue weighted by Crippen LogP contribution is 2.34. The molecule has 0 fully saturated rings. The largest absolute Gasteiger partial charge is 0.359 e. The molecule has 6 heteroatoms. The Bertz CT molecular complexity index is 1400. The molecule has 0 bridgehead atoms. The van der Waals surface area contributed by atoms with E-state index in [0.717, 1.165) is 39.4 Å². The number of para-hydroxylation sites is 2. The maximum atomic E-state index is 13.2. The number of hydrazine groups is 1. The van der Waals surface area contributed by atoms with Gasteiger partial charge in [0.25, 0.3) is 0 Å². The standard InChI is InChI=1S/C31H29N3O3/c1-22-10-6-9-15-29(22)37-34(27-12-4-3-5-13-27)32-26-18-16-24(17-19-26)20-30(36)33-21-25-11-7-8-14-28(25)31(33)23(2)35/h3-19,31-32H,20-21H2,1-2H3. The van der Waals surface area contributed by atoms with Gasteiger partial charge in [-0.1, -0.05) is 72.8 Å². The van der Waals surface area contributed by atoms with E-state index in [9.17, 15) is 9.59 Å². The van der Waals surface area contributed by atoms with E-state index in [-0.39, 0.29) is 18.1 Å². The molecule has 1 aliphatic rings. The maximum absolute atomic E-state index is 13.2. The summed E-state index contributed by atoms with van der Waals surface area (Å²) in [6.45, 7) is 4.01. The summed E-state index contributed by atoms with van der Waals surface area (Å²) in [5, 5.41) is 1.63. The zero-order valence-electron chi connectivity index (χ0n) is 20.9. The first-order valence-electron chi connectivity index (χ1n) is 12.3. The highest BCUT2D eigenvalue weighted by molar-refractivity contribution is 5.90. The van der Waals surface area contributed by atoms with Crippen molar-refractivity contribution in [2.24, 2.45) is 0 Å². The van der Waals surface area contributed by atoms with Crippen LogP contribution in [-0.2, 0) is 22.6 Å². The van der Waals surface area contributed by atoms with Crippen molar-refractivity contribution < 1.29 is 14.4 Å². The average molecular weight is 492 g/mol. The fourth-order valence-electron chi connectivity index (χ4n) is 4.61. The van der Waals surface area contributed by atoms with Crippen molar-refractivity contribution in [3.63, 3.8) is 0 Å². The van der Waals surface area contributed by atoms with Crippen molar-refractivity contribution in [2.45, 2.75) is 32.9 Å². The van der Waals surface area contributed by atoms with Gasteiger partial charge in [0.05, 0.1) is 17.8 Å². The summed E-state index contributed by atoms with van der Waals surface area (Å²) in [5.41, 5.74) is 8.82. The molecule has 186 valence electrons. The average Bonchev–Trinajstić information content (AvgIpc) is 3.31. The van der Waals surface area contributed by atoms with E-state index in [1.165, 1.54) is 0 Å². The van der Waals surface area contributed by atoms with Gasteiger partial charge in [0.15, 0.2) is 11.5 Å². The lowest BCUT2D eigenvalue weighted by Crippen LogP contribution is -2.34. The number of benzene rings is 4. The Labute approximate surface area is 217 Å². The van der Waals surface area contributed by atoms with Crippen molar-refractivity contribution in [1.29, 1.82) is 0 Å². The third-order valence-corrected chi connectivity index (χ3v) is 6.52. The second kappa shape index (κ2) is 10.6. The van der Waals surface area contributed by atoms with Crippen LogP contribution in [0.3, 0.4) is 0 Å². The Morgan fingerprint density at radius 2 is 1.57 bits per heavy atom. The Morgan fingerprint density at radius 1 is 0.892 bits per heavy atom. The summed E-state index contributed by atoms with van der Waals surface area (Å²) in [6.07, 6.45) is 0.222. The summed E-state index contributed by atoms with van der Waals surface area (Å²) >= 11 is 0. The molecular formula is C31H29N3O3. The van der Waals surface area contributed by atoms with Crippen molar-refractivity contribution in [2.75, 3.05) is 10.6 Å². The third kappa shape index (κ3) is 5.33. The molecule has 37 heavy (non-hydrogen) atoms. The van der Waals surface area contributed by atoms with Gasteiger partial charge in [-0.3, -0.25) is 15.0 Å². The molecule has 0 saturated carbocycles. The second-order valence-corrected chi connectivity index (χ2v) is 9.21. The Balaban J connectivity index is 1.29. The number of nitrogens with one attached hydrogen (secondary N) is 1. The number of ketones is 1. The number of anilines is 2. The van der Waals surface area contributed by atoms with Crippen molar-refractivity contribution in [3.05, 3.63) is 125 Å². The quantitative estimate of drug-likeness (QED) is 0.305. The summed E-state index contributed by atoms with van der Waals surface area (Å²) in [4.78, 5) is 33.5. The van der Waals surface area contributed by atoms with Gasteiger partial charge in [0.1, 0.15) is 6.04 Å². The molecule has 5 rings (SSSR count). The highest BCUT2D eigenvalue weighted by Gasteiger charge is 2.36. The number of rotatable bonds is 8. The van der Waals surface area contributed by atoms with Gasteiger partial charge in [-0.05, 0) is 66.4 Å². The zero-order chi connectivity index (χ0) is 25.8. The number of carbonyl (C=O) groups excluding carboxylic acids is 2. The van der Waals surface area contributed by atoms with Gasteiger partial charge in [-0.2, -0.15) is 0 Å². The first kappa shape index (κ1) is 24.1. The molecule has 0 radical (unpaired) electrons. The van der Waals surface area contributed by atoms with Gasteiger partial charge >= 0.3 is 0 Å². The number of carbonyl (C=O) groups is 2. The Kier molecular flexibility index (Phi) is 6.90. The molecule has 0 spiro atoms. The Hall–Kier alpha value is -4.58. The van der Waals surface area contributed by atoms with Gasteiger partial charge in [-0.25, -0.2) is 0 Å². The lowest BCUT2D eigenvalue weighted by atomic mass is 10.0. The molecule has 1 aliphatic heterocycles. The molecular weight excluding hydrogens is 462 g/mol. The van der Waals surface area contributed by atoms with Crippen molar-refractivity contribution >= 4 is 23.1 Å². The minimum absolute atomic E-state index is 0.0208. The predicted molar refractivity (Wildman–Crippen MR) is 145 cm³/mol. The molecule has 1 N–H and O–H groups in total. The van der Waals surface area contributed by atoms with E-state index < -0.39 is 6.04 Å². The number of Topliss-reactive ketones (excluding diaryl/α,β-unsaturated/α-hetero) is 1. The van der Waals surface area contributed by atoms with Crippen LogP contribution < -0.4 is 15.4 Å². The van der Waals surface area contributed by atoms with Gasteiger partial charge in [0.2, 0.25) is 5.91 Å². The van der Waals surface area contributed by atoms with Crippen molar-refractivity contribution in [1.82, 2.24) is 4.90 Å². The lowest BCUT2D eigenvalue weighted by Gasteiger charge is -2.26. The minimum Gasteiger partial charge on any atom is -0.359 e. The van der Waals surface area contributed by atoms with Crippen molar-refractivity contribution in [3.8, 4) is 5.75 Å². The molecule has 6 nitrogen and oxygen atoms in total. The van der Waals surface area contributed by atoms with E-state index in [4.69, 9.17) is 4.84 Å². The van der Waals surface area contributed by atoms with E-state index in [1.807, 2.05) is 110 Å². The molecule has 0 aromatic heterocycles. The summed E-state index contributed by atoms with van der Waals surface area (Å²) in [6, 6.07) is 32.5. The fraction of sp³-hybridized carbons (Fsp3) is 0.161. The molecule has 1 amide bonds. The third-order valence-electron chi connectivity index (χ3n) is 6.52. The van der Waals surface area contributed by atoms with Crippen LogP contribution in [-0.4, -0.2) is 16.6 Å². The van der Waals surface area contributed by atoms with Gasteiger partial charge < -0.3 is 9.74 Å². The number of nitrogens with zero attached hydrogens (tertiary/aromatic N) is 2. The number of fused-ring (bicyclic) bond motifs is 1. The number of amides is 1. The molecule has 0 saturated heterocycles. The maximum Gasteiger partial charge on any atom is 0.228 e.